The van der Waals surface area contributed by atoms with Gasteiger partial charge in [-0.2, -0.15) is 0 Å². The highest BCUT2D eigenvalue weighted by Crippen LogP contribution is 2.32. The van der Waals surface area contributed by atoms with Crippen LogP contribution in [0, 0.1) is 6.92 Å². The summed E-state index contributed by atoms with van der Waals surface area (Å²) in [5.74, 6) is 1.64. The van der Waals surface area contributed by atoms with Gasteiger partial charge in [0.1, 0.15) is 10.6 Å². The van der Waals surface area contributed by atoms with E-state index in [4.69, 9.17) is 14.2 Å². The van der Waals surface area contributed by atoms with E-state index in [-0.39, 0.29) is 18.2 Å². The second kappa shape index (κ2) is 6.70. The zero-order chi connectivity index (χ0) is 17.2. The van der Waals surface area contributed by atoms with Crippen LogP contribution in [0.3, 0.4) is 0 Å². The third-order valence-electron chi connectivity index (χ3n) is 3.59. The van der Waals surface area contributed by atoms with Crippen LogP contribution in [0.25, 0.3) is 0 Å². The summed E-state index contributed by atoms with van der Waals surface area (Å²) in [6, 6.07) is 10.4. The summed E-state index contributed by atoms with van der Waals surface area (Å²) >= 11 is 0. The van der Waals surface area contributed by atoms with E-state index >= 15 is 0 Å². The molecule has 1 aliphatic rings. The molecule has 7 heteroatoms. The lowest BCUT2D eigenvalue weighted by atomic mass is 10.2. The van der Waals surface area contributed by atoms with Crippen molar-refractivity contribution < 1.29 is 22.6 Å². The molecule has 2 aromatic carbocycles. The van der Waals surface area contributed by atoms with E-state index in [9.17, 15) is 8.42 Å². The number of sulfonamides is 1. The van der Waals surface area contributed by atoms with E-state index in [2.05, 4.69) is 4.72 Å². The van der Waals surface area contributed by atoms with E-state index in [0.717, 1.165) is 11.1 Å². The molecule has 1 N–H and O–H groups in total. The normalized spacial score (nSPS) is 13.1. The molecule has 0 fully saturated rings. The van der Waals surface area contributed by atoms with Gasteiger partial charge in [0, 0.05) is 6.54 Å². The van der Waals surface area contributed by atoms with Crippen LogP contribution in [-0.2, 0) is 16.6 Å². The van der Waals surface area contributed by atoms with Gasteiger partial charge in [0.25, 0.3) is 0 Å². The predicted octanol–water partition coefficient (Wildman–Crippen LogP) is 2.60. The van der Waals surface area contributed by atoms with Crippen molar-refractivity contribution in [3.05, 3.63) is 47.5 Å². The van der Waals surface area contributed by atoms with Crippen LogP contribution in [0.1, 0.15) is 18.1 Å². The molecule has 0 aliphatic carbocycles. The Kier molecular flexibility index (Phi) is 4.64. The number of benzene rings is 2. The fourth-order valence-corrected chi connectivity index (χ4v) is 3.65. The SMILES string of the molecule is CCOc1ccc(C)cc1S(=O)(=O)NCc1ccc2c(c1)OCO2. The molecule has 6 nitrogen and oxygen atoms in total. The quantitative estimate of drug-likeness (QED) is 0.868. The molecule has 1 aliphatic heterocycles. The van der Waals surface area contributed by atoms with Gasteiger partial charge in [-0.25, -0.2) is 13.1 Å². The molecular formula is C17H19NO5S. The number of ether oxygens (including phenoxy) is 3. The highest BCUT2D eigenvalue weighted by molar-refractivity contribution is 7.89. The molecule has 0 atom stereocenters. The van der Waals surface area contributed by atoms with Crippen molar-refractivity contribution in [1.29, 1.82) is 0 Å². The minimum Gasteiger partial charge on any atom is -0.492 e. The highest BCUT2D eigenvalue weighted by Gasteiger charge is 2.20. The molecule has 3 rings (SSSR count). The van der Waals surface area contributed by atoms with Gasteiger partial charge in [0.15, 0.2) is 11.5 Å². The molecule has 0 spiro atoms. The minimum absolute atomic E-state index is 0.144. The summed E-state index contributed by atoms with van der Waals surface area (Å²) in [4.78, 5) is 0.144. The Bertz CT molecular complexity index is 848. The molecule has 0 bridgehead atoms. The molecule has 0 saturated carbocycles. The molecule has 0 radical (unpaired) electrons. The first-order valence-corrected chi connectivity index (χ1v) is 9.09. The standard InChI is InChI=1S/C17H19NO5S/c1-3-21-15-6-4-12(2)8-17(15)24(19,20)18-10-13-5-7-14-16(9-13)23-11-22-14/h4-9,18H,3,10-11H2,1-2H3. The minimum atomic E-state index is -3.69. The number of rotatable bonds is 6. The number of aryl methyl sites for hydroxylation is 1. The fourth-order valence-electron chi connectivity index (χ4n) is 2.41. The Hall–Kier alpha value is -2.25. The Morgan fingerprint density at radius 3 is 2.71 bits per heavy atom. The van der Waals surface area contributed by atoms with E-state index < -0.39 is 10.0 Å². The zero-order valence-corrected chi connectivity index (χ0v) is 14.4. The summed E-state index contributed by atoms with van der Waals surface area (Å²) in [6.07, 6.45) is 0. The lowest BCUT2D eigenvalue weighted by Crippen LogP contribution is -2.24. The van der Waals surface area contributed by atoms with Gasteiger partial charge in [-0.3, -0.25) is 0 Å². The van der Waals surface area contributed by atoms with Crippen molar-refractivity contribution in [3.63, 3.8) is 0 Å². The van der Waals surface area contributed by atoms with Crippen LogP contribution in [0.4, 0.5) is 0 Å². The van der Waals surface area contributed by atoms with Gasteiger partial charge < -0.3 is 14.2 Å². The topological polar surface area (TPSA) is 73.9 Å². The van der Waals surface area contributed by atoms with Gasteiger partial charge >= 0.3 is 0 Å². The molecule has 0 aromatic heterocycles. The first kappa shape index (κ1) is 16.6. The lowest BCUT2D eigenvalue weighted by molar-refractivity contribution is 0.174. The van der Waals surface area contributed by atoms with E-state index in [1.165, 1.54) is 0 Å². The Morgan fingerprint density at radius 2 is 1.92 bits per heavy atom. The molecule has 0 unspecified atom stereocenters. The van der Waals surface area contributed by atoms with Crippen LogP contribution in [0.2, 0.25) is 0 Å². The van der Waals surface area contributed by atoms with Gasteiger partial charge in [-0.1, -0.05) is 12.1 Å². The summed E-state index contributed by atoms with van der Waals surface area (Å²) in [6.45, 7) is 4.39. The molecular weight excluding hydrogens is 330 g/mol. The van der Waals surface area contributed by atoms with Crippen molar-refractivity contribution in [2.24, 2.45) is 0 Å². The molecule has 0 saturated heterocycles. The Labute approximate surface area is 141 Å². The first-order chi connectivity index (χ1) is 11.5. The second-order valence-electron chi connectivity index (χ2n) is 5.40. The second-order valence-corrected chi connectivity index (χ2v) is 7.13. The van der Waals surface area contributed by atoms with Crippen molar-refractivity contribution in [2.45, 2.75) is 25.3 Å². The van der Waals surface area contributed by atoms with Crippen LogP contribution < -0.4 is 18.9 Å². The smallest absolute Gasteiger partial charge is 0.244 e. The van der Waals surface area contributed by atoms with Crippen molar-refractivity contribution in [3.8, 4) is 17.2 Å². The maximum Gasteiger partial charge on any atom is 0.244 e. The number of fused-ring (bicyclic) bond motifs is 1. The monoisotopic (exact) mass is 349 g/mol. The van der Waals surface area contributed by atoms with Crippen LogP contribution in [-0.4, -0.2) is 21.8 Å². The summed E-state index contributed by atoms with van der Waals surface area (Å²) in [7, 11) is -3.69. The van der Waals surface area contributed by atoms with E-state index in [1.54, 1.807) is 30.3 Å². The average Bonchev–Trinajstić information content (AvgIpc) is 3.02. The maximum absolute atomic E-state index is 12.6. The van der Waals surface area contributed by atoms with Crippen LogP contribution in [0.15, 0.2) is 41.3 Å². The lowest BCUT2D eigenvalue weighted by Gasteiger charge is -2.13. The molecule has 24 heavy (non-hydrogen) atoms. The highest BCUT2D eigenvalue weighted by atomic mass is 32.2. The summed E-state index contributed by atoms with van der Waals surface area (Å²) in [5.41, 5.74) is 1.63. The van der Waals surface area contributed by atoms with E-state index in [1.807, 2.05) is 19.9 Å². The number of hydrogen-bond acceptors (Lipinski definition) is 5. The fraction of sp³-hybridized carbons (Fsp3) is 0.294. The number of nitrogens with one attached hydrogen (secondary N) is 1. The third-order valence-corrected chi connectivity index (χ3v) is 5.01. The van der Waals surface area contributed by atoms with Crippen molar-refractivity contribution >= 4 is 10.0 Å². The van der Waals surface area contributed by atoms with Crippen LogP contribution >= 0.6 is 0 Å². The largest absolute Gasteiger partial charge is 0.492 e. The van der Waals surface area contributed by atoms with Gasteiger partial charge in [0.2, 0.25) is 16.8 Å². The average molecular weight is 349 g/mol. The molecule has 0 amide bonds. The maximum atomic E-state index is 12.6. The summed E-state index contributed by atoms with van der Waals surface area (Å²) < 4.78 is 43.9. The van der Waals surface area contributed by atoms with Crippen molar-refractivity contribution in [2.75, 3.05) is 13.4 Å². The van der Waals surface area contributed by atoms with E-state index in [0.29, 0.717) is 23.9 Å². The van der Waals surface area contributed by atoms with Crippen LogP contribution in [0.5, 0.6) is 17.2 Å². The Balaban J connectivity index is 1.80. The molecule has 1 heterocycles. The van der Waals surface area contributed by atoms with Crippen molar-refractivity contribution in [1.82, 2.24) is 4.72 Å². The number of hydrogen-bond donors (Lipinski definition) is 1. The first-order valence-electron chi connectivity index (χ1n) is 7.61. The van der Waals surface area contributed by atoms with Gasteiger partial charge in [0.05, 0.1) is 6.61 Å². The molecule has 128 valence electrons. The Morgan fingerprint density at radius 1 is 1.12 bits per heavy atom. The predicted molar refractivity (Wildman–Crippen MR) is 88.9 cm³/mol. The van der Waals surface area contributed by atoms with Gasteiger partial charge in [-0.15, -0.1) is 0 Å². The molecule has 2 aromatic rings. The summed E-state index contributed by atoms with van der Waals surface area (Å²) in [5, 5.41) is 0. The van der Waals surface area contributed by atoms with Gasteiger partial charge in [-0.05, 0) is 49.2 Å². The third kappa shape index (κ3) is 3.47. The zero-order valence-electron chi connectivity index (χ0n) is 13.5.